The second kappa shape index (κ2) is 6.53. The van der Waals surface area contributed by atoms with Crippen LogP contribution in [-0.2, 0) is 6.54 Å². The van der Waals surface area contributed by atoms with Gasteiger partial charge in [-0.05, 0) is 57.9 Å². The number of aromatic nitrogens is 2. The van der Waals surface area contributed by atoms with Crippen molar-refractivity contribution in [2.75, 3.05) is 0 Å². The maximum absolute atomic E-state index is 11.9. The summed E-state index contributed by atoms with van der Waals surface area (Å²) in [6.07, 6.45) is 5.19. The van der Waals surface area contributed by atoms with E-state index in [0.717, 1.165) is 16.8 Å². The summed E-state index contributed by atoms with van der Waals surface area (Å²) in [5.41, 5.74) is 2.71. The maximum Gasteiger partial charge on any atom is 0.287 e. The van der Waals surface area contributed by atoms with Crippen LogP contribution >= 0.6 is 15.9 Å². The predicted molar refractivity (Wildman–Crippen MR) is 85.0 cm³/mol. The average molecular weight is 358 g/mol. The Labute approximate surface area is 135 Å². The normalized spacial score (nSPS) is 10.4. The number of halogens is 1. The molecule has 5 nitrogen and oxygen atoms in total. The highest BCUT2D eigenvalue weighted by Gasteiger charge is 2.10. The van der Waals surface area contributed by atoms with Crippen LogP contribution in [0.1, 0.15) is 16.1 Å². The lowest BCUT2D eigenvalue weighted by molar-refractivity contribution is 0.0922. The van der Waals surface area contributed by atoms with Crippen molar-refractivity contribution in [1.29, 1.82) is 0 Å². The number of nitrogens with one attached hydrogen (secondary N) is 1. The fraction of sp³-hybridized carbons (Fsp3) is 0.0625. The smallest absolute Gasteiger partial charge is 0.287 e. The summed E-state index contributed by atoms with van der Waals surface area (Å²) in [5, 5.41) is 2.81. The molecule has 0 unspecified atom stereocenters. The lowest BCUT2D eigenvalue weighted by Gasteiger charge is -2.06. The van der Waals surface area contributed by atoms with E-state index in [1.165, 1.54) is 0 Å². The second-order valence-corrected chi connectivity index (χ2v) is 5.36. The Balaban J connectivity index is 1.70. The van der Waals surface area contributed by atoms with Gasteiger partial charge < -0.3 is 9.73 Å². The minimum absolute atomic E-state index is 0.259. The van der Waals surface area contributed by atoms with E-state index in [9.17, 15) is 4.79 Å². The molecule has 0 bridgehead atoms. The third-order valence-corrected chi connectivity index (χ3v) is 3.46. The highest BCUT2D eigenvalue weighted by molar-refractivity contribution is 9.10. The van der Waals surface area contributed by atoms with Gasteiger partial charge in [-0.2, -0.15) is 0 Å². The molecule has 3 aromatic rings. The van der Waals surface area contributed by atoms with Gasteiger partial charge in [0.05, 0.1) is 5.69 Å². The molecule has 0 aromatic carbocycles. The Bertz CT molecular complexity index is 787. The van der Waals surface area contributed by atoms with Crippen LogP contribution in [0.4, 0.5) is 0 Å². The van der Waals surface area contributed by atoms with Crippen LogP contribution in [0.2, 0.25) is 0 Å². The number of hydrogen-bond donors (Lipinski definition) is 1. The molecule has 0 aliphatic rings. The van der Waals surface area contributed by atoms with Gasteiger partial charge in [0.2, 0.25) is 0 Å². The molecule has 0 aliphatic heterocycles. The number of amides is 1. The van der Waals surface area contributed by atoms with Gasteiger partial charge in [-0.1, -0.05) is 0 Å². The number of carbonyl (C=O) groups is 1. The number of furan rings is 1. The van der Waals surface area contributed by atoms with Crippen LogP contribution in [0.3, 0.4) is 0 Å². The molecule has 110 valence electrons. The van der Waals surface area contributed by atoms with E-state index in [1.54, 1.807) is 30.7 Å². The number of carbonyl (C=O) groups excluding carboxylic acids is 1. The Morgan fingerprint density at radius 3 is 2.86 bits per heavy atom. The van der Waals surface area contributed by atoms with Crippen molar-refractivity contribution >= 4 is 21.8 Å². The summed E-state index contributed by atoms with van der Waals surface area (Å²) in [6, 6.07) is 10.9. The average Bonchev–Trinajstić information content (AvgIpc) is 3.00. The predicted octanol–water partition coefficient (Wildman–Crippen LogP) is 3.43. The summed E-state index contributed by atoms with van der Waals surface area (Å²) >= 11 is 3.17. The Kier molecular flexibility index (Phi) is 4.29. The summed E-state index contributed by atoms with van der Waals surface area (Å²) < 4.78 is 5.74. The Hall–Kier alpha value is -2.47. The van der Waals surface area contributed by atoms with E-state index in [4.69, 9.17) is 4.42 Å². The summed E-state index contributed by atoms with van der Waals surface area (Å²) in [5.74, 6) is 0.0128. The molecule has 0 saturated heterocycles. The van der Waals surface area contributed by atoms with E-state index in [1.807, 2.05) is 24.3 Å². The zero-order chi connectivity index (χ0) is 15.4. The first-order valence-corrected chi connectivity index (χ1v) is 7.40. The highest BCUT2D eigenvalue weighted by atomic mass is 79.9. The molecule has 0 spiro atoms. The van der Waals surface area contributed by atoms with Crippen LogP contribution in [0.5, 0.6) is 0 Å². The van der Waals surface area contributed by atoms with Crippen molar-refractivity contribution in [3.05, 3.63) is 71.0 Å². The molecule has 0 saturated carbocycles. The molecule has 0 radical (unpaired) electrons. The summed E-state index contributed by atoms with van der Waals surface area (Å²) in [7, 11) is 0. The van der Waals surface area contributed by atoms with Gasteiger partial charge in [0, 0.05) is 30.7 Å². The molecule has 0 fully saturated rings. The van der Waals surface area contributed by atoms with Crippen molar-refractivity contribution in [2.24, 2.45) is 0 Å². The van der Waals surface area contributed by atoms with Crippen LogP contribution in [0, 0.1) is 0 Å². The molecule has 3 aromatic heterocycles. The van der Waals surface area contributed by atoms with Crippen molar-refractivity contribution in [1.82, 2.24) is 15.3 Å². The molecule has 0 atom stereocenters. The van der Waals surface area contributed by atoms with E-state index < -0.39 is 0 Å². The van der Waals surface area contributed by atoms with Gasteiger partial charge in [-0.25, -0.2) is 0 Å². The van der Waals surface area contributed by atoms with Gasteiger partial charge in [0.25, 0.3) is 5.91 Å². The molecular formula is C16H12BrN3O2. The number of hydrogen-bond acceptors (Lipinski definition) is 4. The van der Waals surface area contributed by atoms with Crippen LogP contribution < -0.4 is 5.32 Å². The Morgan fingerprint density at radius 2 is 2.14 bits per heavy atom. The van der Waals surface area contributed by atoms with Gasteiger partial charge in [0.1, 0.15) is 0 Å². The molecule has 3 rings (SSSR count). The largest absolute Gasteiger partial charge is 0.444 e. The van der Waals surface area contributed by atoms with E-state index in [0.29, 0.717) is 11.2 Å². The lowest BCUT2D eigenvalue weighted by Crippen LogP contribution is -2.22. The number of rotatable bonds is 4. The number of nitrogens with zero attached hydrogens (tertiary/aromatic N) is 2. The van der Waals surface area contributed by atoms with Crippen molar-refractivity contribution < 1.29 is 9.21 Å². The molecule has 0 aliphatic carbocycles. The van der Waals surface area contributed by atoms with Gasteiger partial charge >= 0.3 is 0 Å². The summed E-state index contributed by atoms with van der Waals surface area (Å²) in [4.78, 5) is 20.3. The third kappa shape index (κ3) is 3.40. The lowest BCUT2D eigenvalue weighted by atomic mass is 10.1. The third-order valence-electron chi connectivity index (χ3n) is 3.03. The molecule has 1 amide bonds. The van der Waals surface area contributed by atoms with Crippen molar-refractivity contribution in [3.63, 3.8) is 0 Å². The SMILES string of the molecule is O=C(NCc1ccnc(-c2cccnc2)c1)c1ccc(Br)o1. The van der Waals surface area contributed by atoms with Gasteiger partial charge in [-0.15, -0.1) is 0 Å². The molecule has 3 heterocycles. The minimum Gasteiger partial charge on any atom is -0.444 e. The Morgan fingerprint density at radius 1 is 1.23 bits per heavy atom. The van der Waals surface area contributed by atoms with Crippen LogP contribution in [-0.4, -0.2) is 15.9 Å². The maximum atomic E-state index is 11.9. The summed E-state index contributed by atoms with van der Waals surface area (Å²) in [6.45, 7) is 0.396. The first-order chi connectivity index (χ1) is 10.7. The number of pyridine rings is 2. The van der Waals surface area contributed by atoms with Crippen molar-refractivity contribution in [3.8, 4) is 11.3 Å². The minimum atomic E-state index is -0.259. The fourth-order valence-electron chi connectivity index (χ4n) is 1.96. The first-order valence-electron chi connectivity index (χ1n) is 6.61. The monoisotopic (exact) mass is 357 g/mol. The molecular weight excluding hydrogens is 346 g/mol. The first kappa shape index (κ1) is 14.5. The van der Waals surface area contributed by atoms with Crippen molar-refractivity contribution in [2.45, 2.75) is 6.54 Å². The van der Waals surface area contributed by atoms with E-state index in [2.05, 4.69) is 31.2 Å². The quantitative estimate of drug-likeness (QED) is 0.776. The zero-order valence-electron chi connectivity index (χ0n) is 11.5. The van der Waals surface area contributed by atoms with Crippen LogP contribution in [0.15, 0.2) is 64.1 Å². The highest BCUT2D eigenvalue weighted by Crippen LogP contribution is 2.17. The van der Waals surface area contributed by atoms with E-state index >= 15 is 0 Å². The van der Waals surface area contributed by atoms with E-state index in [-0.39, 0.29) is 11.7 Å². The zero-order valence-corrected chi connectivity index (χ0v) is 13.1. The molecule has 1 N–H and O–H groups in total. The topological polar surface area (TPSA) is 68.0 Å². The molecule has 6 heteroatoms. The second-order valence-electron chi connectivity index (χ2n) is 4.58. The van der Waals surface area contributed by atoms with Gasteiger partial charge in [0.15, 0.2) is 10.4 Å². The fourth-order valence-corrected chi connectivity index (χ4v) is 2.27. The molecule has 22 heavy (non-hydrogen) atoms. The van der Waals surface area contributed by atoms with Gasteiger partial charge in [-0.3, -0.25) is 14.8 Å². The standard InChI is InChI=1S/C16H12BrN3O2/c17-15-4-3-14(22-15)16(21)20-9-11-5-7-19-13(8-11)12-2-1-6-18-10-12/h1-8,10H,9H2,(H,20,21). The van der Waals surface area contributed by atoms with Crippen LogP contribution in [0.25, 0.3) is 11.3 Å².